The van der Waals surface area contributed by atoms with E-state index in [1.54, 1.807) is 0 Å². The summed E-state index contributed by atoms with van der Waals surface area (Å²) in [6.07, 6.45) is 5.14. The van der Waals surface area contributed by atoms with Crippen LogP contribution in [0.15, 0.2) is 0 Å². The fraction of sp³-hybridized carbons (Fsp3) is 1.00. The number of aliphatic hydroxyl groups is 1. The van der Waals surface area contributed by atoms with E-state index in [4.69, 9.17) is 0 Å². The molecule has 0 aromatic carbocycles. The van der Waals surface area contributed by atoms with E-state index in [2.05, 4.69) is 30.8 Å². The summed E-state index contributed by atoms with van der Waals surface area (Å²) in [7, 11) is 4.42. The summed E-state index contributed by atoms with van der Waals surface area (Å²) in [5, 5.41) is 9.19. The Bertz CT molecular complexity index is 195. The van der Waals surface area contributed by atoms with Crippen molar-refractivity contribution in [2.24, 2.45) is 11.8 Å². The molecule has 17 heavy (non-hydrogen) atoms. The van der Waals surface area contributed by atoms with E-state index < -0.39 is 0 Å². The molecule has 1 aliphatic rings. The van der Waals surface area contributed by atoms with Gasteiger partial charge in [-0.2, -0.15) is 0 Å². The smallest absolute Gasteiger partial charge is 0.0471 e. The van der Waals surface area contributed by atoms with Crippen molar-refractivity contribution in [3.63, 3.8) is 0 Å². The zero-order valence-corrected chi connectivity index (χ0v) is 11.9. The maximum Gasteiger partial charge on any atom is 0.0471 e. The van der Waals surface area contributed by atoms with Crippen LogP contribution in [0.2, 0.25) is 0 Å². The zero-order chi connectivity index (χ0) is 12.7. The van der Waals surface area contributed by atoms with Gasteiger partial charge in [-0.3, -0.25) is 0 Å². The van der Waals surface area contributed by atoms with E-state index in [1.165, 1.54) is 38.9 Å². The first-order valence-corrected chi connectivity index (χ1v) is 7.13. The van der Waals surface area contributed by atoms with Gasteiger partial charge in [0.2, 0.25) is 0 Å². The molecule has 0 radical (unpaired) electrons. The Morgan fingerprint density at radius 3 is 2.82 bits per heavy atom. The second kappa shape index (κ2) is 8.06. The summed E-state index contributed by atoms with van der Waals surface area (Å²) in [6, 6.07) is 0. The highest BCUT2D eigenvalue weighted by Crippen LogP contribution is 2.18. The summed E-state index contributed by atoms with van der Waals surface area (Å²) in [5.41, 5.74) is 0. The molecule has 0 aromatic heterocycles. The number of hydrogen-bond donors (Lipinski definition) is 1. The number of rotatable bonds is 7. The average Bonchev–Trinajstić information content (AvgIpc) is 2.33. The minimum Gasteiger partial charge on any atom is -0.396 e. The SMILES string of the molecule is CCC(CO)CN(C)CCC1CCCN(C)C1. The maximum atomic E-state index is 9.19. The third kappa shape index (κ3) is 5.84. The first-order valence-electron chi connectivity index (χ1n) is 7.13. The molecule has 1 saturated heterocycles. The zero-order valence-electron chi connectivity index (χ0n) is 11.9. The van der Waals surface area contributed by atoms with Gasteiger partial charge in [-0.15, -0.1) is 0 Å². The molecule has 0 spiro atoms. The normalized spacial score (nSPS) is 24.2. The fourth-order valence-electron chi connectivity index (χ4n) is 2.76. The second-order valence-electron chi connectivity index (χ2n) is 5.78. The van der Waals surface area contributed by atoms with E-state index in [0.717, 1.165) is 18.9 Å². The van der Waals surface area contributed by atoms with Gasteiger partial charge in [0, 0.05) is 19.7 Å². The molecule has 0 amide bonds. The minimum atomic E-state index is 0.326. The Morgan fingerprint density at radius 1 is 1.47 bits per heavy atom. The lowest BCUT2D eigenvalue weighted by Crippen LogP contribution is -2.35. The third-order valence-electron chi connectivity index (χ3n) is 4.05. The molecule has 3 nitrogen and oxygen atoms in total. The van der Waals surface area contributed by atoms with E-state index in [-0.39, 0.29) is 0 Å². The van der Waals surface area contributed by atoms with Crippen LogP contribution in [0.1, 0.15) is 32.6 Å². The quantitative estimate of drug-likeness (QED) is 0.735. The van der Waals surface area contributed by atoms with Gasteiger partial charge in [0.1, 0.15) is 0 Å². The van der Waals surface area contributed by atoms with Crippen LogP contribution in [-0.4, -0.2) is 61.8 Å². The molecule has 2 unspecified atom stereocenters. The van der Waals surface area contributed by atoms with Gasteiger partial charge in [0.15, 0.2) is 0 Å². The van der Waals surface area contributed by atoms with Crippen molar-refractivity contribution in [1.29, 1.82) is 0 Å². The molecule has 0 aliphatic carbocycles. The molecule has 1 rings (SSSR count). The summed E-state index contributed by atoms with van der Waals surface area (Å²) >= 11 is 0. The molecule has 0 saturated carbocycles. The van der Waals surface area contributed by atoms with E-state index in [1.807, 2.05) is 0 Å². The van der Waals surface area contributed by atoms with Crippen LogP contribution in [0.5, 0.6) is 0 Å². The van der Waals surface area contributed by atoms with Crippen LogP contribution < -0.4 is 0 Å². The number of likely N-dealkylation sites (tertiary alicyclic amines) is 1. The molecule has 0 aromatic rings. The summed E-state index contributed by atoms with van der Waals surface area (Å²) in [4.78, 5) is 4.84. The van der Waals surface area contributed by atoms with Gasteiger partial charge in [-0.25, -0.2) is 0 Å². The van der Waals surface area contributed by atoms with Crippen LogP contribution in [0, 0.1) is 11.8 Å². The molecular weight excluding hydrogens is 212 g/mol. The maximum absolute atomic E-state index is 9.19. The number of aliphatic hydroxyl groups excluding tert-OH is 1. The van der Waals surface area contributed by atoms with Crippen molar-refractivity contribution in [2.45, 2.75) is 32.6 Å². The number of hydrogen-bond acceptors (Lipinski definition) is 3. The standard InChI is InChI=1S/C14H30N2O/c1-4-13(12-17)10-16(3)9-7-14-6-5-8-15(2)11-14/h13-14,17H,4-12H2,1-3H3. The van der Waals surface area contributed by atoms with Crippen LogP contribution in [0.4, 0.5) is 0 Å². The summed E-state index contributed by atoms with van der Waals surface area (Å²) < 4.78 is 0. The molecule has 0 bridgehead atoms. The second-order valence-corrected chi connectivity index (χ2v) is 5.78. The molecule has 1 aliphatic heterocycles. The highest BCUT2D eigenvalue weighted by atomic mass is 16.3. The minimum absolute atomic E-state index is 0.326. The molecule has 3 heteroatoms. The predicted molar refractivity (Wildman–Crippen MR) is 73.2 cm³/mol. The van der Waals surface area contributed by atoms with Gasteiger partial charge in [-0.05, 0) is 64.7 Å². The third-order valence-corrected chi connectivity index (χ3v) is 4.05. The lowest BCUT2D eigenvalue weighted by Gasteiger charge is -2.31. The van der Waals surface area contributed by atoms with Crippen LogP contribution in [0.3, 0.4) is 0 Å². The highest BCUT2D eigenvalue weighted by molar-refractivity contribution is 4.72. The van der Waals surface area contributed by atoms with Crippen molar-refractivity contribution in [2.75, 3.05) is 46.9 Å². The summed E-state index contributed by atoms with van der Waals surface area (Å²) in [5.74, 6) is 1.33. The van der Waals surface area contributed by atoms with Crippen molar-refractivity contribution < 1.29 is 5.11 Å². The lowest BCUT2D eigenvalue weighted by atomic mass is 9.95. The Balaban J connectivity index is 2.16. The van der Waals surface area contributed by atoms with Gasteiger partial charge in [0.25, 0.3) is 0 Å². The largest absolute Gasteiger partial charge is 0.396 e. The monoisotopic (exact) mass is 242 g/mol. The molecule has 2 atom stereocenters. The fourth-order valence-corrected chi connectivity index (χ4v) is 2.76. The Kier molecular flexibility index (Phi) is 7.09. The Labute approximate surface area is 107 Å². The Hall–Kier alpha value is -0.120. The van der Waals surface area contributed by atoms with Crippen molar-refractivity contribution in [3.05, 3.63) is 0 Å². The summed E-state index contributed by atoms with van der Waals surface area (Å²) in [6.45, 7) is 7.24. The van der Waals surface area contributed by atoms with E-state index >= 15 is 0 Å². The molecular formula is C14H30N2O. The van der Waals surface area contributed by atoms with Crippen LogP contribution in [0.25, 0.3) is 0 Å². The van der Waals surface area contributed by atoms with Crippen LogP contribution >= 0.6 is 0 Å². The first-order chi connectivity index (χ1) is 8.15. The average molecular weight is 242 g/mol. The van der Waals surface area contributed by atoms with Gasteiger partial charge >= 0.3 is 0 Å². The van der Waals surface area contributed by atoms with Gasteiger partial charge < -0.3 is 14.9 Å². The number of piperidine rings is 1. The van der Waals surface area contributed by atoms with E-state index in [0.29, 0.717) is 12.5 Å². The predicted octanol–water partition coefficient (Wildman–Crippen LogP) is 1.67. The number of nitrogens with zero attached hydrogens (tertiary/aromatic N) is 2. The van der Waals surface area contributed by atoms with E-state index in [9.17, 15) is 5.11 Å². The van der Waals surface area contributed by atoms with Crippen molar-refractivity contribution in [1.82, 2.24) is 9.80 Å². The molecule has 1 N–H and O–H groups in total. The molecule has 102 valence electrons. The molecule has 1 fully saturated rings. The molecule has 1 heterocycles. The van der Waals surface area contributed by atoms with Crippen LogP contribution in [-0.2, 0) is 0 Å². The van der Waals surface area contributed by atoms with Crippen molar-refractivity contribution >= 4 is 0 Å². The van der Waals surface area contributed by atoms with Crippen molar-refractivity contribution in [3.8, 4) is 0 Å². The lowest BCUT2D eigenvalue weighted by molar-refractivity contribution is 0.156. The van der Waals surface area contributed by atoms with Gasteiger partial charge in [0.05, 0.1) is 0 Å². The Morgan fingerprint density at radius 2 is 2.24 bits per heavy atom. The first kappa shape index (κ1) is 14.9. The topological polar surface area (TPSA) is 26.7 Å². The van der Waals surface area contributed by atoms with Gasteiger partial charge in [-0.1, -0.05) is 6.92 Å². The highest BCUT2D eigenvalue weighted by Gasteiger charge is 2.17.